The first kappa shape index (κ1) is 16.8. The van der Waals surface area contributed by atoms with E-state index in [-0.39, 0.29) is 0 Å². The first-order valence-corrected chi connectivity index (χ1v) is 9.65. The van der Waals surface area contributed by atoms with E-state index in [2.05, 4.69) is 12.1 Å². The molecule has 0 spiro atoms. The molecule has 130 valence electrons. The molecule has 2 aromatic heterocycles. The number of thiophene rings is 1. The van der Waals surface area contributed by atoms with Crippen LogP contribution in [0, 0.1) is 6.92 Å². The van der Waals surface area contributed by atoms with Crippen molar-refractivity contribution in [1.29, 1.82) is 0 Å². The van der Waals surface area contributed by atoms with E-state index in [1.54, 1.807) is 18.4 Å². The molecule has 0 aliphatic carbocycles. The fraction of sp³-hybridized carbons (Fsp3) is 0.100. The van der Waals surface area contributed by atoms with Crippen molar-refractivity contribution in [1.82, 2.24) is 4.98 Å². The van der Waals surface area contributed by atoms with Crippen LogP contribution in [0.25, 0.3) is 31.9 Å². The predicted molar refractivity (Wildman–Crippen MR) is 108 cm³/mol. The van der Waals surface area contributed by atoms with Gasteiger partial charge < -0.3 is 10.5 Å². The summed E-state index contributed by atoms with van der Waals surface area (Å²) in [5.41, 5.74) is 9.37. The highest BCUT2D eigenvalue weighted by Gasteiger charge is 2.20. The molecule has 26 heavy (non-hydrogen) atoms. The Bertz CT molecular complexity index is 1110. The topological polar surface area (TPSA) is 65.2 Å². The van der Waals surface area contributed by atoms with Crippen LogP contribution in [-0.2, 0) is 0 Å². The van der Waals surface area contributed by atoms with Crippen molar-refractivity contribution in [2.45, 2.75) is 6.92 Å². The van der Waals surface area contributed by atoms with E-state index in [1.165, 1.54) is 11.3 Å². The standard InChI is InChI=1S/C20H16N2O2S2/c1-11-10-14(18(25-11)19(21)23)20-22-16-15(24-2)9-8-13(17(16)26-20)12-6-4-3-5-7-12/h3-10H,1-2H3,(H2,21,23). The highest BCUT2D eigenvalue weighted by atomic mass is 32.1. The number of carbonyl (C=O) groups is 1. The van der Waals surface area contributed by atoms with Crippen molar-refractivity contribution >= 4 is 38.8 Å². The molecule has 0 aliphatic rings. The molecular formula is C20H16N2O2S2. The number of aromatic nitrogens is 1. The molecule has 4 nitrogen and oxygen atoms in total. The van der Waals surface area contributed by atoms with Crippen LogP contribution in [-0.4, -0.2) is 18.0 Å². The molecule has 2 aromatic carbocycles. The highest BCUT2D eigenvalue weighted by molar-refractivity contribution is 7.23. The molecule has 0 radical (unpaired) electrons. The SMILES string of the molecule is COc1ccc(-c2ccccc2)c2sc(-c3cc(C)sc3C(N)=O)nc12. The minimum Gasteiger partial charge on any atom is -0.494 e. The van der Waals surface area contributed by atoms with E-state index in [0.29, 0.717) is 4.88 Å². The van der Waals surface area contributed by atoms with Crippen LogP contribution in [0.3, 0.4) is 0 Å². The Balaban J connectivity index is 1.99. The van der Waals surface area contributed by atoms with Crippen LogP contribution in [0.1, 0.15) is 14.5 Å². The first-order chi connectivity index (χ1) is 12.6. The molecule has 0 bridgehead atoms. The Morgan fingerprint density at radius 2 is 1.85 bits per heavy atom. The van der Waals surface area contributed by atoms with Crippen LogP contribution in [0.4, 0.5) is 0 Å². The molecule has 0 fully saturated rings. The number of aryl methyl sites for hydroxylation is 1. The third-order valence-electron chi connectivity index (χ3n) is 4.12. The Hall–Kier alpha value is -2.70. The second kappa shape index (κ2) is 6.55. The lowest BCUT2D eigenvalue weighted by Gasteiger charge is -2.05. The molecule has 0 unspecified atom stereocenters. The maximum atomic E-state index is 11.8. The monoisotopic (exact) mass is 380 g/mol. The van der Waals surface area contributed by atoms with Gasteiger partial charge in [-0.15, -0.1) is 22.7 Å². The molecule has 1 amide bonds. The number of amides is 1. The van der Waals surface area contributed by atoms with Gasteiger partial charge in [-0.2, -0.15) is 0 Å². The predicted octanol–water partition coefficient (Wildman–Crippen LogP) is 5.11. The number of ether oxygens (including phenoxy) is 1. The summed E-state index contributed by atoms with van der Waals surface area (Å²) in [7, 11) is 1.64. The van der Waals surface area contributed by atoms with Gasteiger partial charge in [0.15, 0.2) is 0 Å². The maximum Gasteiger partial charge on any atom is 0.259 e. The van der Waals surface area contributed by atoms with Gasteiger partial charge in [0.2, 0.25) is 0 Å². The third kappa shape index (κ3) is 2.77. The molecule has 0 saturated carbocycles. The number of benzene rings is 2. The Morgan fingerprint density at radius 1 is 1.08 bits per heavy atom. The van der Waals surface area contributed by atoms with Crippen molar-refractivity contribution in [3.8, 4) is 27.4 Å². The lowest BCUT2D eigenvalue weighted by atomic mass is 10.1. The Morgan fingerprint density at radius 3 is 2.54 bits per heavy atom. The van der Waals surface area contributed by atoms with Crippen LogP contribution < -0.4 is 10.5 Å². The number of fused-ring (bicyclic) bond motifs is 1. The number of thiazole rings is 1. The van der Waals surface area contributed by atoms with Gasteiger partial charge in [-0.05, 0) is 30.7 Å². The number of rotatable bonds is 4. The molecule has 0 atom stereocenters. The fourth-order valence-corrected chi connectivity index (χ4v) is 5.03. The van der Waals surface area contributed by atoms with E-state index in [0.717, 1.165) is 42.5 Å². The van der Waals surface area contributed by atoms with Gasteiger partial charge in [-0.3, -0.25) is 4.79 Å². The summed E-state index contributed by atoms with van der Waals surface area (Å²) < 4.78 is 6.54. The zero-order valence-electron chi connectivity index (χ0n) is 14.3. The largest absolute Gasteiger partial charge is 0.494 e. The van der Waals surface area contributed by atoms with Gasteiger partial charge in [0.25, 0.3) is 5.91 Å². The molecule has 0 saturated heterocycles. The van der Waals surface area contributed by atoms with Crippen LogP contribution in [0.15, 0.2) is 48.5 Å². The van der Waals surface area contributed by atoms with E-state index in [9.17, 15) is 4.79 Å². The summed E-state index contributed by atoms with van der Waals surface area (Å²) in [6.45, 7) is 1.96. The second-order valence-corrected chi connectivity index (χ2v) is 8.10. The zero-order valence-corrected chi connectivity index (χ0v) is 15.9. The molecular weight excluding hydrogens is 364 g/mol. The summed E-state index contributed by atoms with van der Waals surface area (Å²) in [6, 6.07) is 16.1. The van der Waals surface area contributed by atoms with Crippen molar-refractivity contribution in [2.75, 3.05) is 7.11 Å². The van der Waals surface area contributed by atoms with Gasteiger partial charge in [-0.1, -0.05) is 30.3 Å². The number of methoxy groups -OCH3 is 1. The summed E-state index contributed by atoms with van der Waals surface area (Å²) in [5, 5.41) is 0.778. The number of hydrogen-bond acceptors (Lipinski definition) is 5. The second-order valence-electron chi connectivity index (χ2n) is 5.84. The average Bonchev–Trinajstić information content (AvgIpc) is 3.25. The average molecular weight is 380 g/mol. The maximum absolute atomic E-state index is 11.8. The van der Waals surface area contributed by atoms with Gasteiger partial charge in [0, 0.05) is 16.0 Å². The smallest absolute Gasteiger partial charge is 0.259 e. The minimum absolute atomic E-state index is 0.424. The van der Waals surface area contributed by atoms with Gasteiger partial charge in [0.05, 0.1) is 11.8 Å². The van der Waals surface area contributed by atoms with Crippen molar-refractivity contribution in [2.24, 2.45) is 5.73 Å². The normalized spacial score (nSPS) is 11.0. The van der Waals surface area contributed by atoms with Crippen molar-refractivity contribution in [3.63, 3.8) is 0 Å². The Labute approximate surface area is 158 Å². The van der Waals surface area contributed by atoms with Crippen LogP contribution >= 0.6 is 22.7 Å². The number of nitrogens with zero attached hydrogens (tertiary/aromatic N) is 1. The summed E-state index contributed by atoms with van der Waals surface area (Å²) >= 11 is 2.95. The van der Waals surface area contributed by atoms with Crippen molar-refractivity contribution in [3.05, 3.63) is 58.3 Å². The van der Waals surface area contributed by atoms with E-state index in [1.807, 2.05) is 43.3 Å². The number of carbonyl (C=O) groups excluding carboxylic acids is 1. The quantitative estimate of drug-likeness (QED) is 0.535. The summed E-state index contributed by atoms with van der Waals surface area (Å²) in [6.07, 6.45) is 0. The summed E-state index contributed by atoms with van der Waals surface area (Å²) in [4.78, 5) is 18.2. The van der Waals surface area contributed by atoms with E-state index in [4.69, 9.17) is 15.5 Å². The molecule has 2 heterocycles. The lowest BCUT2D eigenvalue weighted by Crippen LogP contribution is -2.09. The third-order valence-corrected chi connectivity index (χ3v) is 6.31. The number of nitrogens with two attached hydrogens (primary N) is 1. The highest BCUT2D eigenvalue weighted by Crippen LogP contribution is 2.42. The molecule has 4 aromatic rings. The van der Waals surface area contributed by atoms with Gasteiger partial charge in [0.1, 0.15) is 21.2 Å². The molecule has 6 heteroatoms. The van der Waals surface area contributed by atoms with Crippen molar-refractivity contribution < 1.29 is 9.53 Å². The Kier molecular flexibility index (Phi) is 4.22. The lowest BCUT2D eigenvalue weighted by molar-refractivity contribution is 0.100. The fourth-order valence-electron chi connectivity index (χ4n) is 2.96. The summed E-state index contributed by atoms with van der Waals surface area (Å²) in [5.74, 6) is 0.294. The molecule has 0 aliphatic heterocycles. The minimum atomic E-state index is -0.424. The van der Waals surface area contributed by atoms with E-state index < -0.39 is 5.91 Å². The number of primary amides is 1. The zero-order chi connectivity index (χ0) is 18.3. The number of hydrogen-bond donors (Lipinski definition) is 1. The van der Waals surface area contributed by atoms with Crippen LogP contribution in [0.5, 0.6) is 5.75 Å². The van der Waals surface area contributed by atoms with Gasteiger partial charge in [-0.25, -0.2) is 4.98 Å². The van der Waals surface area contributed by atoms with E-state index >= 15 is 0 Å². The molecule has 2 N–H and O–H groups in total. The van der Waals surface area contributed by atoms with Gasteiger partial charge >= 0.3 is 0 Å². The first-order valence-electron chi connectivity index (χ1n) is 8.02. The molecule has 4 rings (SSSR count). The van der Waals surface area contributed by atoms with Crippen LogP contribution in [0.2, 0.25) is 0 Å².